The zero-order valence-corrected chi connectivity index (χ0v) is 18.9. The number of hydrogen-bond donors (Lipinski definition) is 2. The molecule has 6 heteroatoms. The van der Waals surface area contributed by atoms with Gasteiger partial charge >= 0.3 is 5.97 Å². The first-order valence-electron chi connectivity index (χ1n) is 11.5. The quantitative estimate of drug-likeness (QED) is 0.377. The van der Waals surface area contributed by atoms with Gasteiger partial charge in [-0.15, -0.1) is 0 Å². The lowest BCUT2D eigenvalue weighted by atomic mass is 10.0. The van der Waals surface area contributed by atoms with Crippen LogP contribution in [-0.4, -0.2) is 46.4 Å². The highest BCUT2D eigenvalue weighted by atomic mass is 16.5. The summed E-state index contributed by atoms with van der Waals surface area (Å²) < 4.78 is 5.08. The predicted molar refractivity (Wildman–Crippen MR) is 128 cm³/mol. The SMILES string of the molecule is CCOC(=O)c1ccc2c(C(CC)=Nc3ccc(CN4CCCCC4)cc3)c(O)[nH]c2c1. The van der Waals surface area contributed by atoms with Crippen LogP contribution in [0.4, 0.5) is 5.69 Å². The van der Waals surface area contributed by atoms with E-state index in [1.807, 2.05) is 25.1 Å². The molecule has 6 nitrogen and oxygen atoms in total. The zero-order valence-electron chi connectivity index (χ0n) is 18.9. The van der Waals surface area contributed by atoms with Gasteiger partial charge in [-0.2, -0.15) is 0 Å². The van der Waals surface area contributed by atoms with E-state index < -0.39 is 0 Å². The van der Waals surface area contributed by atoms with Gasteiger partial charge in [0.15, 0.2) is 5.88 Å². The Morgan fingerprint density at radius 1 is 1.09 bits per heavy atom. The van der Waals surface area contributed by atoms with Gasteiger partial charge in [-0.3, -0.25) is 9.89 Å². The highest BCUT2D eigenvalue weighted by Crippen LogP contribution is 2.31. The number of piperidine rings is 1. The summed E-state index contributed by atoms with van der Waals surface area (Å²) in [7, 11) is 0. The number of carbonyl (C=O) groups is 1. The molecule has 32 heavy (non-hydrogen) atoms. The van der Waals surface area contributed by atoms with Crippen LogP contribution in [0.3, 0.4) is 0 Å². The van der Waals surface area contributed by atoms with Crippen molar-refractivity contribution in [2.24, 2.45) is 4.99 Å². The first-order valence-corrected chi connectivity index (χ1v) is 11.5. The van der Waals surface area contributed by atoms with Gasteiger partial charge in [0.2, 0.25) is 0 Å². The van der Waals surface area contributed by atoms with Crippen LogP contribution < -0.4 is 0 Å². The van der Waals surface area contributed by atoms with Gasteiger partial charge in [0, 0.05) is 17.4 Å². The number of hydrogen-bond acceptors (Lipinski definition) is 5. The summed E-state index contributed by atoms with van der Waals surface area (Å²) in [6.07, 6.45) is 4.58. The molecule has 1 saturated heterocycles. The number of rotatable bonds is 7. The van der Waals surface area contributed by atoms with Crippen LogP contribution in [0.15, 0.2) is 47.5 Å². The van der Waals surface area contributed by atoms with Crippen LogP contribution in [0.1, 0.15) is 61.0 Å². The van der Waals surface area contributed by atoms with Crippen LogP contribution in [0, 0.1) is 0 Å². The fourth-order valence-electron chi connectivity index (χ4n) is 4.34. The summed E-state index contributed by atoms with van der Waals surface area (Å²) in [6.45, 7) is 7.46. The first-order chi connectivity index (χ1) is 15.6. The smallest absolute Gasteiger partial charge is 0.338 e. The molecule has 0 amide bonds. The third kappa shape index (κ3) is 4.86. The maximum absolute atomic E-state index is 12.0. The van der Waals surface area contributed by atoms with Crippen molar-refractivity contribution in [1.29, 1.82) is 0 Å². The number of H-pyrrole nitrogens is 1. The molecule has 0 aliphatic carbocycles. The Hall–Kier alpha value is -3.12. The molecular formula is C26H31N3O3. The van der Waals surface area contributed by atoms with Gasteiger partial charge < -0.3 is 14.8 Å². The van der Waals surface area contributed by atoms with Crippen molar-refractivity contribution in [3.05, 3.63) is 59.2 Å². The van der Waals surface area contributed by atoms with Crippen LogP contribution >= 0.6 is 0 Å². The minimum Gasteiger partial charge on any atom is -0.494 e. The van der Waals surface area contributed by atoms with Crippen LogP contribution in [-0.2, 0) is 11.3 Å². The van der Waals surface area contributed by atoms with Gasteiger partial charge in [-0.25, -0.2) is 4.79 Å². The van der Waals surface area contributed by atoms with E-state index in [2.05, 4.69) is 22.0 Å². The number of carbonyl (C=O) groups excluding carboxylic acids is 1. The normalized spacial score (nSPS) is 15.2. The second kappa shape index (κ2) is 10.0. The van der Waals surface area contributed by atoms with E-state index in [1.54, 1.807) is 19.1 Å². The summed E-state index contributed by atoms with van der Waals surface area (Å²) in [5.41, 5.74) is 4.76. The highest BCUT2D eigenvalue weighted by Gasteiger charge is 2.18. The van der Waals surface area contributed by atoms with Crippen molar-refractivity contribution in [2.75, 3.05) is 19.7 Å². The molecule has 2 N–H and O–H groups in total. The second-order valence-electron chi connectivity index (χ2n) is 8.24. The van der Waals surface area contributed by atoms with E-state index in [0.29, 0.717) is 29.7 Å². The Bertz CT molecular complexity index is 1110. The maximum atomic E-state index is 12.0. The molecule has 3 aromatic rings. The lowest BCUT2D eigenvalue weighted by Crippen LogP contribution is -2.28. The molecule has 0 unspecified atom stereocenters. The van der Waals surface area contributed by atoms with Crippen molar-refractivity contribution in [3.8, 4) is 5.88 Å². The number of aromatic amines is 1. The minimum absolute atomic E-state index is 0.0586. The third-order valence-electron chi connectivity index (χ3n) is 5.97. The average molecular weight is 434 g/mol. The average Bonchev–Trinajstić information content (AvgIpc) is 3.14. The largest absolute Gasteiger partial charge is 0.494 e. The molecule has 0 atom stereocenters. The van der Waals surface area contributed by atoms with E-state index in [4.69, 9.17) is 9.73 Å². The molecular weight excluding hydrogens is 402 g/mol. The van der Waals surface area contributed by atoms with Gasteiger partial charge in [-0.05, 0) is 69.1 Å². The molecule has 1 aromatic heterocycles. The number of nitrogens with zero attached hydrogens (tertiary/aromatic N) is 2. The molecule has 1 fully saturated rings. The molecule has 1 aliphatic rings. The summed E-state index contributed by atoms with van der Waals surface area (Å²) in [5, 5.41) is 11.4. The molecule has 0 spiro atoms. The second-order valence-corrected chi connectivity index (χ2v) is 8.24. The van der Waals surface area contributed by atoms with Gasteiger partial charge in [0.05, 0.1) is 29.1 Å². The maximum Gasteiger partial charge on any atom is 0.338 e. The van der Waals surface area contributed by atoms with Crippen molar-refractivity contribution in [1.82, 2.24) is 9.88 Å². The summed E-state index contributed by atoms with van der Waals surface area (Å²) >= 11 is 0. The zero-order chi connectivity index (χ0) is 22.5. The molecule has 2 heterocycles. The van der Waals surface area contributed by atoms with Gasteiger partial charge in [0.25, 0.3) is 0 Å². The van der Waals surface area contributed by atoms with E-state index in [0.717, 1.165) is 23.3 Å². The fourth-order valence-corrected chi connectivity index (χ4v) is 4.34. The van der Waals surface area contributed by atoms with E-state index in [-0.39, 0.29) is 11.8 Å². The number of likely N-dealkylation sites (tertiary alicyclic amines) is 1. The van der Waals surface area contributed by atoms with Gasteiger partial charge in [0.1, 0.15) is 0 Å². The highest BCUT2D eigenvalue weighted by molar-refractivity contribution is 6.14. The summed E-state index contributed by atoms with van der Waals surface area (Å²) in [6, 6.07) is 13.6. The van der Waals surface area contributed by atoms with E-state index >= 15 is 0 Å². The number of aromatic hydroxyl groups is 1. The molecule has 2 aromatic carbocycles. The number of aliphatic imine (C=N–C) groups is 1. The molecule has 0 radical (unpaired) electrons. The van der Waals surface area contributed by atoms with Crippen LogP contribution in [0.25, 0.3) is 10.9 Å². The van der Waals surface area contributed by atoms with Crippen molar-refractivity contribution < 1.29 is 14.6 Å². The number of benzene rings is 2. The number of esters is 1. The van der Waals surface area contributed by atoms with Crippen molar-refractivity contribution in [3.63, 3.8) is 0 Å². The Labute approximate surface area is 188 Å². The topological polar surface area (TPSA) is 77.9 Å². The molecule has 1 aliphatic heterocycles. The monoisotopic (exact) mass is 433 g/mol. The Kier molecular flexibility index (Phi) is 6.90. The number of nitrogens with one attached hydrogen (secondary N) is 1. The molecule has 0 bridgehead atoms. The Balaban J connectivity index is 1.58. The van der Waals surface area contributed by atoms with Gasteiger partial charge in [-0.1, -0.05) is 31.5 Å². The molecule has 4 rings (SSSR count). The minimum atomic E-state index is -0.376. The third-order valence-corrected chi connectivity index (χ3v) is 5.97. The van der Waals surface area contributed by atoms with Crippen molar-refractivity contribution in [2.45, 2.75) is 46.1 Å². The number of ether oxygens (including phenoxy) is 1. The lowest BCUT2D eigenvalue weighted by Gasteiger charge is -2.26. The standard InChI is InChI=1S/C26H31N3O3/c1-3-22(27-20-11-8-18(9-12-20)17-29-14-6-5-7-15-29)24-21-13-10-19(26(31)32-4-2)16-23(21)28-25(24)30/h8-13,16,28,30H,3-7,14-15,17H2,1-2H3. The predicted octanol–water partition coefficient (Wildman–Crippen LogP) is 5.57. The van der Waals surface area contributed by atoms with E-state index in [9.17, 15) is 9.90 Å². The molecule has 168 valence electrons. The first kappa shape index (κ1) is 22.1. The fraction of sp³-hybridized carbons (Fsp3) is 0.385. The van der Waals surface area contributed by atoms with Crippen molar-refractivity contribution >= 4 is 28.3 Å². The van der Waals surface area contributed by atoms with Crippen LogP contribution in [0.2, 0.25) is 0 Å². The van der Waals surface area contributed by atoms with Crippen LogP contribution in [0.5, 0.6) is 5.88 Å². The van der Waals surface area contributed by atoms with E-state index in [1.165, 1.54) is 37.9 Å². The summed E-state index contributed by atoms with van der Waals surface area (Å²) in [5.74, 6) is -0.317. The Morgan fingerprint density at radius 2 is 1.84 bits per heavy atom. The Morgan fingerprint density at radius 3 is 2.53 bits per heavy atom. The number of fused-ring (bicyclic) bond motifs is 1. The summed E-state index contributed by atoms with van der Waals surface area (Å²) in [4.78, 5) is 22.4. The number of aromatic nitrogens is 1. The molecule has 0 saturated carbocycles. The lowest BCUT2D eigenvalue weighted by molar-refractivity contribution is 0.0526.